The highest BCUT2D eigenvalue weighted by Crippen LogP contribution is 2.19. The molecule has 0 bridgehead atoms. The second kappa shape index (κ2) is 6.25. The monoisotopic (exact) mass is 294 g/mol. The van der Waals surface area contributed by atoms with Gasteiger partial charge in [0.05, 0.1) is 0 Å². The van der Waals surface area contributed by atoms with Crippen molar-refractivity contribution < 1.29 is 18.0 Å². The zero-order valence-corrected chi connectivity index (χ0v) is 10.9. The van der Waals surface area contributed by atoms with Crippen LogP contribution in [0.4, 0.5) is 13.2 Å². The molecule has 19 heavy (non-hydrogen) atoms. The van der Waals surface area contributed by atoms with E-state index in [2.05, 4.69) is 0 Å². The number of piperidine rings is 1. The minimum atomic E-state index is -1.17. The molecular weight excluding hydrogens is 281 g/mol. The van der Waals surface area contributed by atoms with Gasteiger partial charge in [-0.15, -0.1) is 12.4 Å². The molecule has 0 unspecified atom stereocenters. The Morgan fingerprint density at radius 2 is 1.63 bits per heavy atom. The molecular formula is C12H14ClF3N2O. The van der Waals surface area contributed by atoms with E-state index in [1.807, 2.05) is 0 Å². The van der Waals surface area contributed by atoms with Crippen molar-refractivity contribution in [3.63, 3.8) is 0 Å². The highest BCUT2D eigenvalue weighted by atomic mass is 35.5. The van der Waals surface area contributed by atoms with E-state index in [0.717, 1.165) is 0 Å². The van der Waals surface area contributed by atoms with Crippen LogP contribution >= 0.6 is 12.4 Å². The van der Waals surface area contributed by atoms with Gasteiger partial charge in [-0.25, -0.2) is 13.2 Å². The van der Waals surface area contributed by atoms with Crippen molar-refractivity contribution in [2.24, 2.45) is 5.73 Å². The van der Waals surface area contributed by atoms with E-state index in [-0.39, 0.29) is 18.4 Å². The zero-order chi connectivity index (χ0) is 13.3. The van der Waals surface area contributed by atoms with E-state index in [4.69, 9.17) is 5.73 Å². The zero-order valence-electron chi connectivity index (χ0n) is 10.0. The van der Waals surface area contributed by atoms with Gasteiger partial charge in [-0.2, -0.15) is 0 Å². The summed E-state index contributed by atoms with van der Waals surface area (Å²) in [5, 5.41) is 0. The molecule has 7 heteroatoms. The lowest BCUT2D eigenvalue weighted by molar-refractivity contribution is 0.0704. The van der Waals surface area contributed by atoms with Crippen LogP contribution in [0.15, 0.2) is 12.1 Å². The molecule has 1 heterocycles. The first-order chi connectivity index (χ1) is 8.49. The maximum Gasteiger partial charge on any atom is 0.259 e. The number of halogens is 4. The van der Waals surface area contributed by atoms with Crippen molar-refractivity contribution in [3.8, 4) is 0 Å². The van der Waals surface area contributed by atoms with Crippen LogP contribution in [0, 0.1) is 17.5 Å². The summed E-state index contributed by atoms with van der Waals surface area (Å²) in [5.74, 6) is -4.14. The van der Waals surface area contributed by atoms with E-state index in [0.29, 0.717) is 38.1 Å². The van der Waals surface area contributed by atoms with Crippen molar-refractivity contribution in [2.45, 2.75) is 18.9 Å². The van der Waals surface area contributed by atoms with Gasteiger partial charge >= 0.3 is 0 Å². The number of rotatable bonds is 1. The largest absolute Gasteiger partial charge is 0.338 e. The Morgan fingerprint density at radius 3 is 2.11 bits per heavy atom. The lowest BCUT2D eigenvalue weighted by atomic mass is 10.0. The quantitative estimate of drug-likeness (QED) is 0.862. The molecule has 0 radical (unpaired) electrons. The van der Waals surface area contributed by atoms with Gasteiger partial charge in [0.15, 0.2) is 0 Å². The Kier molecular flexibility index (Phi) is 5.20. The van der Waals surface area contributed by atoms with Crippen molar-refractivity contribution >= 4 is 18.3 Å². The molecule has 0 aromatic heterocycles. The first-order valence-corrected chi connectivity index (χ1v) is 5.68. The number of hydrogen-bond acceptors (Lipinski definition) is 2. The molecule has 0 saturated carbocycles. The molecule has 106 valence electrons. The van der Waals surface area contributed by atoms with Crippen LogP contribution in [-0.2, 0) is 0 Å². The first-order valence-electron chi connectivity index (χ1n) is 5.68. The highest BCUT2D eigenvalue weighted by molar-refractivity contribution is 5.94. The smallest absolute Gasteiger partial charge is 0.259 e. The summed E-state index contributed by atoms with van der Waals surface area (Å²) in [5.41, 5.74) is 4.98. The van der Waals surface area contributed by atoms with Gasteiger partial charge in [0, 0.05) is 31.3 Å². The normalized spacial score (nSPS) is 16.1. The van der Waals surface area contributed by atoms with Gasteiger partial charge in [-0.3, -0.25) is 4.79 Å². The number of likely N-dealkylation sites (tertiary alicyclic amines) is 1. The third-order valence-corrected chi connectivity index (χ3v) is 3.05. The molecule has 1 aliphatic rings. The standard InChI is InChI=1S/C12H13F3N2O.ClH/c13-7-5-9(14)11(10(15)6-7)12(18)17-3-1-8(16)2-4-17;/h5-6,8H,1-4,16H2;1H. The molecule has 1 saturated heterocycles. The number of nitrogens with two attached hydrogens (primary N) is 1. The van der Waals surface area contributed by atoms with Gasteiger partial charge in [0.25, 0.3) is 5.91 Å². The molecule has 2 rings (SSSR count). The summed E-state index contributed by atoms with van der Waals surface area (Å²) in [6.07, 6.45) is 1.19. The third-order valence-electron chi connectivity index (χ3n) is 3.05. The van der Waals surface area contributed by atoms with Gasteiger partial charge in [-0.05, 0) is 12.8 Å². The van der Waals surface area contributed by atoms with Crippen LogP contribution in [0.2, 0.25) is 0 Å². The van der Waals surface area contributed by atoms with Crippen LogP contribution in [0.5, 0.6) is 0 Å². The summed E-state index contributed by atoms with van der Waals surface area (Å²) in [7, 11) is 0. The molecule has 0 atom stereocenters. The first kappa shape index (κ1) is 15.8. The third kappa shape index (κ3) is 3.39. The SMILES string of the molecule is Cl.NC1CCN(C(=O)c2c(F)cc(F)cc2F)CC1. The molecule has 1 aliphatic heterocycles. The van der Waals surface area contributed by atoms with E-state index >= 15 is 0 Å². The average molecular weight is 295 g/mol. The fourth-order valence-corrected chi connectivity index (χ4v) is 2.01. The Morgan fingerprint density at radius 1 is 1.16 bits per heavy atom. The van der Waals surface area contributed by atoms with Crippen molar-refractivity contribution in [3.05, 3.63) is 35.1 Å². The van der Waals surface area contributed by atoms with Crippen molar-refractivity contribution in [2.75, 3.05) is 13.1 Å². The summed E-state index contributed by atoms with van der Waals surface area (Å²) in [4.78, 5) is 13.3. The van der Waals surface area contributed by atoms with E-state index < -0.39 is 28.9 Å². The maximum atomic E-state index is 13.4. The predicted octanol–water partition coefficient (Wildman–Crippen LogP) is 2.09. The lowest BCUT2D eigenvalue weighted by Gasteiger charge is -2.30. The van der Waals surface area contributed by atoms with Crippen LogP contribution in [-0.4, -0.2) is 29.9 Å². The van der Waals surface area contributed by atoms with E-state index in [1.165, 1.54) is 4.90 Å². The maximum absolute atomic E-state index is 13.4. The molecule has 0 spiro atoms. The van der Waals surface area contributed by atoms with Crippen LogP contribution < -0.4 is 5.73 Å². The minimum absolute atomic E-state index is 0. The minimum Gasteiger partial charge on any atom is -0.338 e. The van der Waals surface area contributed by atoms with Gasteiger partial charge in [-0.1, -0.05) is 0 Å². The molecule has 3 nitrogen and oxygen atoms in total. The number of benzene rings is 1. The second-order valence-corrected chi connectivity index (χ2v) is 4.37. The number of carbonyl (C=O) groups is 1. The lowest BCUT2D eigenvalue weighted by Crippen LogP contribution is -2.43. The average Bonchev–Trinajstić information content (AvgIpc) is 2.28. The van der Waals surface area contributed by atoms with Gasteiger partial charge < -0.3 is 10.6 Å². The van der Waals surface area contributed by atoms with Crippen molar-refractivity contribution in [1.82, 2.24) is 4.90 Å². The number of carbonyl (C=O) groups excluding carboxylic acids is 1. The molecule has 0 aliphatic carbocycles. The molecule has 2 N–H and O–H groups in total. The van der Waals surface area contributed by atoms with Crippen LogP contribution in [0.25, 0.3) is 0 Å². The highest BCUT2D eigenvalue weighted by Gasteiger charge is 2.26. The van der Waals surface area contributed by atoms with Crippen LogP contribution in [0.1, 0.15) is 23.2 Å². The Bertz CT molecular complexity index is 453. The van der Waals surface area contributed by atoms with Gasteiger partial charge in [0.2, 0.25) is 0 Å². The molecule has 1 aromatic carbocycles. The second-order valence-electron chi connectivity index (χ2n) is 4.37. The predicted molar refractivity (Wildman–Crippen MR) is 66.7 cm³/mol. The summed E-state index contributed by atoms with van der Waals surface area (Å²) in [6, 6.07) is 1.02. The molecule has 1 aromatic rings. The van der Waals surface area contributed by atoms with Gasteiger partial charge in [0.1, 0.15) is 23.0 Å². The Labute approximate surface area is 115 Å². The van der Waals surface area contributed by atoms with Crippen molar-refractivity contribution in [1.29, 1.82) is 0 Å². The number of amides is 1. The topological polar surface area (TPSA) is 46.3 Å². The fraction of sp³-hybridized carbons (Fsp3) is 0.417. The summed E-state index contributed by atoms with van der Waals surface area (Å²) >= 11 is 0. The Hall–Kier alpha value is -1.27. The number of hydrogen-bond donors (Lipinski definition) is 1. The summed E-state index contributed by atoms with van der Waals surface area (Å²) < 4.78 is 39.6. The van der Waals surface area contributed by atoms with E-state index in [9.17, 15) is 18.0 Å². The van der Waals surface area contributed by atoms with E-state index in [1.54, 1.807) is 0 Å². The summed E-state index contributed by atoms with van der Waals surface area (Å²) in [6.45, 7) is 0.715. The molecule has 1 fully saturated rings. The Balaban J connectivity index is 0.00000180. The van der Waals surface area contributed by atoms with Crippen LogP contribution in [0.3, 0.4) is 0 Å². The molecule has 1 amide bonds. The fourth-order valence-electron chi connectivity index (χ4n) is 2.01. The number of nitrogens with zero attached hydrogens (tertiary/aromatic N) is 1.